The molecule has 0 aliphatic rings. The predicted octanol–water partition coefficient (Wildman–Crippen LogP) is 5.55. The molecule has 5 amide bonds. The number of amides is 5. The molecule has 0 saturated carbocycles. The van der Waals surface area contributed by atoms with Crippen LogP contribution in [0.3, 0.4) is 0 Å². The number of thioether (sulfide) groups is 1. The molecule has 0 unspecified atom stereocenters. The van der Waals surface area contributed by atoms with E-state index >= 15 is 0 Å². The number of carbonyl (C=O) groups excluding carboxylic acids is 7. The minimum atomic E-state index is -1.15. The second-order valence-corrected chi connectivity index (χ2v) is 17.2. The van der Waals surface area contributed by atoms with Gasteiger partial charge in [-0.2, -0.15) is 11.8 Å². The summed E-state index contributed by atoms with van der Waals surface area (Å²) in [5, 5.41) is 20.6. The van der Waals surface area contributed by atoms with E-state index in [-0.39, 0.29) is 56.2 Å². The van der Waals surface area contributed by atoms with Crippen LogP contribution in [-0.4, -0.2) is 90.4 Å². The van der Waals surface area contributed by atoms with Gasteiger partial charge in [-0.05, 0) is 74.8 Å². The Balaban J connectivity index is 2.88. The van der Waals surface area contributed by atoms with Crippen LogP contribution in [0.2, 0.25) is 0 Å². The third-order valence-corrected chi connectivity index (χ3v) is 11.6. The highest BCUT2D eigenvalue weighted by Crippen LogP contribution is 2.20. The molecule has 15 heteroatoms. The number of phenols is 1. The molecule has 0 saturated heterocycles. The molecule has 0 bridgehead atoms. The minimum Gasteiger partial charge on any atom is -0.508 e. The van der Waals surface area contributed by atoms with Crippen molar-refractivity contribution in [2.45, 2.75) is 167 Å². The summed E-state index contributed by atoms with van der Waals surface area (Å²) in [5.41, 5.74) is 11.7. The molecule has 0 aliphatic carbocycles. The first kappa shape index (κ1) is 55.0. The van der Waals surface area contributed by atoms with Gasteiger partial charge >= 0.3 is 0 Å². The van der Waals surface area contributed by atoms with E-state index in [0.29, 0.717) is 50.0 Å². The Bertz CT molecular complexity index is 1450. The Morgan fingerprint density at radius 2 is 1.28 bits per heavy atom. The number of ketones is 2. The normalized spacial score (nSPS) is 13.0. The lowest BCUT2D eigenvalue weighted by molar-refractivity contribution is -0.134. The van der Waals surface area contributed by atoms with Gasteiger partial charge < -0.3 is 37.8 Å². The maximum atomic E-state index is 13.9. The van der Waals surface area contributed by atoms with Crippen molar-refractivity contribution in [3.8, 4) is 5.75 Å². The van der Waals surface area contributed by atoms with E-state index in [2.05, 4.69) is 28.2 Å². The van der Waals surface area contributed by atoms with Crippen LogP contribution in [0, 0.1) is 11.8 Å². The van der Waals surface area contributed by atoms with Crippen LogP contribution >= 0.6 is 11.8 Å². The number of unbranched alkanes of at least 4 members (excludes halogenated alkanes) is 13. The lowest BCUT2D eigenvalue weighted by Crippen LogP contribution is -2.48. The van der Waals surface area contributed by atoms with Gasteiger partial charge in [-0.3, -0.25) is 33.6 Å². The summed E-state index contributed by atoms with van der Waals surface area (Å²) in [6.45, 7) is 2.29. The zero-order valence-corrected chi connectivity index (χ0v) is 38.2. The molecule has 9 N–H and O–H groups in total. The fraction of sp³-hybridized carbons (Fsp3) is 0.717. The van der Waals surface area contributed by atoms with Crippen molar-refractivity contribution in [2.24, 2.45) is 23.3 Å². The van der Waals surface area contributed by atoms with E-state index in [4.69, 9.17) is 11.5 Å². The highest BCUT2D eigenvalue weighted by molar-refractivity contribution is 7.98. The number of hydrogen-bond donors (Lipinski definition) is 7. The van der Waals surface area contributed by atoms with Crippen LogP contribution in [0.15, 0.2) is 24.3 Å². The number of Topliss-reactive ketones (excluding diaryl/α,β-unsaturated/α-hetero) is 2. The quantitative estimate of drug-likeness (QED) is 0.0409. The van der Waals surface area contributed by atoms with E-state index in [1.807, 2.05) is 6.26 Å². The van der Waals surface area contributed by atoms with E-state index in [1.54, 1.807) is 12.1 Å². The van der Waals surface area contributed by atoms with Gasteiger partial charge in [-0.25, -0.2) is 0 Å². The molecule has 1 rings (SSSR count). The number of rotatable bonds is 38. The third kappa shape index (κ3) is 26.9. The lowest BCUT2D eigenvalue weighted by Gasteiger charge is -2.24. The Hall–Kier alpha value is -3.98. The van der Waals surface area contributed by atoms with Crippen LogP contribution in [-0.2, 0) is 40.0 Å². The largest absolute Gasteiger partial charge is 0.508 e. The summed E-state index contributed by atoms with van der Waals surface area (Å²) in [6.07, 6.45) is 19.2. The van der Waals surface area contributed by atoms with Crippen molar-refractivity contribution in [3.63, 3.8) is 0 Å². The number of aromatic hydroxyl groups is 1. The molecule has 0 aliphatic heterocycles. The minimum absolute atomic E-state index is 0.0187. The SMILES string of the molecule is CCCCCCCCCCCCCCCC(=O)N[C@@H](CCSC)C(=O)NCC(=O)C[C@@H](Cc1ccc(O)cc1)C(=O)N[C@@H](CCC(N)=O)C(=O)C[C@H](CCCCN)C(=O)NC. The molecule has 1 aromatic carbocycles. The van der Waals surface area contributed by atoms with Crippen LogP contribution in [0.1, 0.15) is 154 Å². The van der Waals surface area contributed by atoms with Crippen molar-refractivity contribution >= 4 is 52.9 Å². The molecular weight excluding hydrogens is 797 g/mol. The van der Waals surface area contributed by atoms with Crippen LogP contribution in [0.25, 0.3) is 0 Å². The Labute approximate surface area is 369 Å². The zero-order valence-electron chi connectivity index (χ0n) is 37.4. The standard InChI is InChI=1S/C46H78N6O8S/c1-4-5-6-7-8-9-10-11-12-13-14-15-16-20-43(57)51-40(27-29-61-3)46(60)50-33-38(54)31-36(30-34-21-23-37(53)24-22-34)45(59)52-39(25-26-42(48)56)41(55)32-35(44(58)49-2)19-17-18-28-47/h21-24,35-36,39-40,53H,4-20,25-33,47H2,1-3H3,(H2,48,56)(H,49,58)(H,50,60)(H,51,57)(H,52,59)/t35-,36+,39-,40-/m0/s1. The number of hydrogen-bond acceptors (Lipinski definition) is 10. The van der Waals surface area contributed by atoms with Crippen LogP contribution in [0.4, 0.5) is 0 Å². The first-order valence-corrected chi connectivity index (χ1v) is 24.1. The van der Waals surface area contributed by atoms with E-state index < -0.39 is 53.2 Å². The van der Waals surface area contributed by atoms with Gasteiger partial charge in [0, 0.05) is 44.6 Å². The average Bonchev–Trinajstić information content (AvgIpc) is 3.24. The molecule has 1 aromatic rings. The number of phenolic OH excluding ortho intramolecular Hbond substituents is 1. The maximum absolute atomic E-state index is 13.9. The molecule has 0 heterocycles. The van der Waals surface area contributed by atoms with Crippen molar-refractivity contribution < 1.29 is 38.7 Å². The molecule has 0 aromatic heterocycles. The Morgan fingerprint density at radius 3 is 1.84 bits per heavy atom. The fourth-order valence-corrected chi connectivity index (χ4v) is 7.72. The molecule has 4 atom stereocenters. The van der Waals surface area contributed by atoms with Crippen molar-refractivity contribution in [1.29, 1.82) is 0 Å². The van der Waals surface area contributed by atoms with Crippen molar-refractivity contribution in [3.05, 3.63) is 29.8 Å². The molecular formula is C46H78N6O8S. The molecule has 14 nitrogen and oxygen atoms in total. The third-order valence-electron chi connectivity index (χ3n) is 10.9. The Morgan fingerprint density at radius 1 is 0.672 bits per heavy atom. The second-order valence-electron chi connectivity index (χ2n) is 16.3. The van der Waals surface area contributed by atoms with Gasteiger partial charge in [0.15, 0.2) is 11.6 Å². The first-order valence-electron chi connectivity index (χ1n) is 22.7. The molecule has 61 heavy (non-hydrogen) atoms. The van der Waals surface area contributed by atoms with Gasteiger partial charge in [0.2, 0.25) is 29.5 Å². The van der Waals surface area contributed by atoms with Crippen LogP contribution in [0.5, 0.6) is 5.75 Å². The number of nitrogens with two attached hydrogens (primary N) is 2. The number of benzene rings is 1. The smallest absolute Gasteiger partial charge is 0.242 e. The van der Waals surface area contributed by atoms with Gasteiger partial charge in [0.1, 0.15) is 11.8 Å². The topological polar surface area (TPSA) is 240 Å². The van der Waals surface area contributed by atoms with E-state index in [9.17, 15) is 38.7 Å². The summed E-state index contributed by atoms with van der Waals surface area (Å²) in [5.74, 6) is -4.26. The highest BCUT2D eigenvalue weighted by Gasteiger charge is 2.31. The first-order chi connectivity index (χ1) is 29.3. The highest BCUT2D eigenvalue weighted by atomic mass is 32.2. The fourth-order valence-electron chi connectivity index (χ4n) is 7.24. The Kier molecular flexibility index (Phi) is 31.2. The summed E-state index contributed by atoms with van der Waals surface area (Å²) in [4.78, 5) is 91.5. The summed E-state index contributed by atoms with van der Waals surface area (Å²) in [7, 11) is 1.48. The molecule has 0 spiro atoms. The number of nitrogens with one attached hydrogen (secondary N) is 4. The summed E-state index contributed by atoms with van der Waals surface area (Å²) >= 11 is 1.54. The van der Waals surface area contributed by atoms with Gasteiger partial charge in [-0.1, -0.05) is 103 Å². The summed E-state index contributed by atoms with van der Waals surface area (Å²) in [6, 6.07) is 4.16. The number of carbonyl (C=O) groups is 7. The predicted molar refractivity (Wildman–Crippen MR) is 244 cm³/mol. The number of primary amides is 1. The van der Waals surface area contributed by atoms with Gasteiger partial charge in [0.25, 0.3) is 0 Å². The molecule has 346 valence electrons. The monoisotopic (exact) mass is 875 g/mol. The second kappa shape index (κ2) is 34.6. The zero-order chi connectivity index (χ0) is 45.3. The molecule has 0 radical (unpaired) electrons. The van der Waals surface area contributed by atoms with Crippen molar-refractivity contribution in [1.82, 2.24) is 21.3 Å². The van der Waals surface area contributed by atoms with Crippen molar-refractivity contribution in [2.75, 3.05) is 32.1 Å². The van der Waals surface area contributed by atoms with E-state index in [0.717, 1.165) is 25.7 Å². The maximum Gasteiger partial charge on any atom is 0.242 e. The molecule has 0 fully saturated rings. The average molecular weight is 875 g/mol. The van der Waals surface area contributed by atoms with E-state index in [1.165, 1.54) is 88.7 Å². The van der Waals surface area contributed by atoms with Crippen LogP contribution < -0.4 is 32.7 Å². The van der Waals surface area contributed by atoms with Gasteiger partial charge in [0.05, 0.1) is 12.6 Å². The lowest BCUT2D eigenvalue weighted by atomic mass is 9.90. The van der Waals surface area contributed by atoms with Gasteiger partial charge in [-0.15, -0.1) is 0 Å². The summed E-state index contributed by atoms with van der Waals surface area (Å²) < 4.78 is 0.